The topological polar surface area (TPSA) is 30.5 Å². The van der Waals surface area contributed by atoms with Crippen molar-refractivity contribution >= 4 is 0 Å². The zero-order valence-corrected chi connectivity index (χ0v) is 11.9. The Kier molecular flexibility index (Phi) is 3.50. The van der Waals surface area contributed by atoms with Crippen molar-refractivity contribution in [3.05, 3.63) is 29.3 Å². The van der Waals surface area contributed by atoms with Gasteiger partial charge in [-0.3, -0.25) is 0 Å². The van der Waals surface area contributed by atoms with Gasteiger partial charge in [0.1, 0.15) is 11.4 Å². The summed E-state index contributed by atoms with van der Waals surface area (Å²) in [6, 6.07) is 6.48. The summed E-state index contributed by atoms with van der Waals surface area (Å²) in [5, 5.41) is 3.54. The van der Waals surface area contributed by atoms with E-state index in [2.05, 4.69) is 37.4 Å². The first kappa shape index (κ1) is 12.9. The van der Waals surface area contributed by atoms with Gasteiger partial charge in [0, 0.05) is 31.7 Å². The lowest BCUT2D eigenvalue weighted by Gasteiger charge is -2.18. The predicted molar refractivity (Wildman–Crippen MR) is 75.5 cm³/mol. The maximum atomic E-state index is 6.08. The van der Waals surface area contributed by atoms with Crippen LogP contribution >= 0.6 is 0 Å². The van der Waals surface area contributed by atoms with Crippen molar-refractivity contribution in [1.82, 2.24) is 5.32 Å². The van der Waals surface area contributed by atoms with E-state index in [4.69, 9.17) is 9.47 Å². The van der Waals surface area contributed by atoms with Gasteiger partial charge in [-0.25, -0.2) is 0 Å². The molecule has 19 heavy (non-hydrogen) atoms. The summed E-state index contributed by atoms with van der Waals surface area (Å²) < 4.78 is 11.5. The first-order chi connectivity index (χ1) is 9.14. The molecule has 1 N–H and O–H groups in total. The van der Waals surface area contributed by atoms with Gasteiger partial charge in [0.15, 0.2) is 0 Å². The number of rotatable bonds is 4. The molecule has 1 atom stereocenters. The zero-order valence-electron chi connectivity index (χ0n) is 11.9. The molecule has 2 aliphatic heterocycles. The second-order valence-corrected chi connectivity index (χ2v) is 6.30. The summed E-state index contributed by atoms with van der Waals surface area (Å²) in [5.41, 5.74) is 2.56. The van der Waals surface area contributed by atoms with E-state index in [-0.39, 0.29) is 5.60 Å². The summed E-state index contributed by atoms with van der Waals surface area (Å²) in [7, 11) is 0. The Hall–Kier alpha value is -1.06. The van der Waals surface area contributed by atoms with Gasteiger partial charge >= 0.3 is 0 Å². The fourth-order valence-corrected chi connectivity index (χ4v) is 2.97. The summed E-state index contributed by atoms with van der Waals surface area (Å²) in [6.07, 6.45) is 2.19. The van der Waals surface area contributed by atoms with E-state index >= 15 is 0 Å². The Balaban J connectivity index is 1.61. The van der Waals surface area contributed by atoms with E-state index in [0.29, 0.717) is 5.92 Å². The lowest BCUT2D eigenvalue weighted by Crippen LogP contribution is -2.25. The van der Waals surface area contributed by atoms with E-state index in [0.717, 1.165) is 38.5 Å². The predicted octanol–water partition coefficient (Wildman–Crippen LogP) is 2.53. The van der Waals surface area contributed by atoms with Gasteiger partial charge in [-0.1, -0.05) is 18.2 Å². The monoisotopic (exact) mass is 261 g/mol. The molecule has 1 saturated heterocycles. The molecule has 2 heterocycles. The lowest BCUT2D eigenvalue weighted by molar-refractivity contribution is 0.137. The van der Waals surface area contributed by atoms with Crippen molar-refractivity contribution in [3.8, 4) is 5.75 Å². The van der Waals surface area contributed by atoms with Crippen molar-refractivity contribution in [1.29, 1.82) is 0 Å². The number of para-hydroxylation sites is 1. The normalized spacial score (nSPS) is 24.2. The number of benzene rings is 1. The molecule has 0 aromatic heterocycles. The molecule has 3 nitrogen and oxygen atoms in total. The molecule has 0 bridgehead atoms. The molecular weight excluding hydrogens is 238 g/mol. The van der Waals surface area contributed by atoms with E-state index in [1.165, 1.54) is 17.5 Å². The van der Waals surface area contributed by atoms with Crippen LogP contribution in [0.5, 0.6) is 5.75 Å². The smallest absolute Gasteiger partial charge is 0.127 e. The Labute approximate surface area is 115 Å². The number of hydrogen-bond donors (Lipinski definition) is 1. The van der Waals surface area contributed by atoms with E-state index < -0.39 is 0 Å². The molecule has 3 rings (SSSR count). The van der Waals surface area contributed by atoms with Crippen molar-refractivity contribution in [2.75, 3.05) is 19.8 Å². The van der Waals surface area contributed by atoms with Crippen molar-refractivity contribution < 1.29 is 9.47 Å². The van der Waals surface area contributed by atoms with Crippen LogP contribution < -0.4 is 10.1 Å². The molecule has 1 aromatic rings. The minimum absolute atomic E-state index is 0.0578. The van der Waals surface area contributed by atoms with E-state index in [1.807, 2.05) is 0 Å². The number of ether oxygens (including phenoxy) is 2. The second kappa shape index (κ2) is 5.14. The van der Waals surface area contributed by atoms with Crippen LogP contribution in [0.2, 0.25) is 0 Å². The average Bonchev–Trinajstić information content (AvgIpc) is 2.95. The third-order valence-electron chi connectivity index (χ3n) is 3.95. The highest BCUT2D eigenvalue weighted by atomic mass is 16.5. The van der Waals surface area contributed by atoms with Crippen molar-refractivity contribution in [2.45, 2.75) is 38.8 Å². The van der Waals surface area contributed by atoms with Crippen LogP contribution in [0.4, 0.5) is 0 Å². The van der Waals surface area contributed by atoms with Crippen LogP contribution in [0.15, 0.2) is 18.2 Å². The molecule has 1 fully saturated rings. The summed E-state index contributed by atoms with van der Waals surface area (Å²) in [6.45, 7) is 8.05. The second-order valence-electron chi connectivity index (χ2n) is 6.30. The summed E-state index contributed by atoms with van der Waals surface area (Å²) in [4.78, 5) is 0. The van der Waals surface area contributed by atoms with E-state index in [9.17, 15) is 0 Å². The van der Waals surface area contributed by atoms with Crippen LogP contribution in [0.25, 0.3) is 0 Å². The SMILES string of the molecule is CC1(C)Cc2cccc(CNCC3CCOC3)c2O1. The molecule has 1 aromatic carbocycles. The van der Waals surface area contributed by atoms with Gasteiger partial charge in [-0.2, -0.15) is 0 Å². The third-order valence-corrected chi connectivity index (χ3v) is 3.95. The molecule has 0 saturated carbocycles. The number of fused-ring (bicyclic) bond motifs is 1. The number of nitrogens with one attached hydrogen (secondary N) is 1. The van der Waals surface area contributed by atoms with Gasteiger partial charge in [-0.05, 0) is 31.7 Å². The molecule has 0 amide bonds. The quantitative estimate of drug-likeness (QED) is 0.903. The standard InChI is InChI=1S/C16H23NO2/c1-16(2)8-13-4-3-5-14(15(13)19-16)10-17-9-12-6-7-18-11-12/h3-5,12,17H,6-11H2,1-2H3. The highest BCUT2D eigenvalue weighted by molar-refractivity contribution is 5.45. The Morgan fingerprint density at radius 1 is 1.37 bits per heavy atom. The van der Waals surface area contributed by atoms with Crippen LogP contribution in [0.1, 0.15) is 31.4 Å². The molecule has 2 aliphatic rings. The Morgan fingerprint density at radius 2 is 2.26 bits per heavy atom. The Morgan fingerprint density at radius 3 is 3.05 bits per heavy atom. The summed E-state index contributed by atoms with van der Waals surface area (Å²) in [5.74, 6) is 1.77. The van der Waals surface area contributed by atoms with Crippen LogP contribution in [0, 0.1) is 5.92 Å². The average molecular weight is 261 g/mol. The van der Waals surface area contributed by atoms with Crippen LogP contribution in [-0.2, 0) is 17.7 Å². The van der Waals surface area contributed by atoms with Gasteiger partial charge in [0.2, 0.25) is 0 Å². The third kappa shape index (κ3) is 2.93. The van der Waals surface area contributed by atoms with Gasteiger partial charge in [0.05, 0.1) is 6.61 Å². The summed E-state index contributed by atoms with van der Waals surface area (Å²) >= 11 is 0. The fourth-order valence-electron chi connectivity index (χ4n) is 2.97. The van der Waals surface area contributed by atoms with Gasteiger partial charge in [0.25, 0.3) is 0 Å². The van der Waals surface area contributed by atoms with Crippen molar-refractivity contribution in [3.63, 3.8) is 0 Å². The highest BCUT2D eigenvalue weighted by Crippen LogP contribution is 2.37. The molecule has 0 aliphatic carbocycles. The maximum Gasteiger partial charge on any atom is 0.127 e. The van der Waals surface area contributed by atoms with Gasteiger partial charge in [-0.15, -0.1) is 0 Å². The fraction of sp³-hybridized carbons (Fsp3) is 0.625. The zero-order chi connectivity index (χ0) is 13.3. The van der Waals surface area contributed by atoms with Crippen LogP contribution in [-0.4, -0.2) is 25.4 Å². The molecule has 3 heteroatoms. The maximum absolute atomic E-state index is 6.08. The number of hydrogen-bond acceptors (Lipinski definition) is 3. The first-order valence-corrected chi connectivity index (χ1v) is 7.22. The van der Waals surface area contributed by atoms with E-state index in [1.54, 1.807) is 0 Å². The largest absolute Gasteiger partial charge is 0.487 e. The Bertz CT molecular complexity index is 450. The molecule has 0 radical (unpaired) electrons. The molecular formula is C16H23NO2. The van der Waals surface area contributed by atoms with Crippen LogP contribution in [0.3, 0.4) is 0 Å². The first-order valence-electron chi connectivity index (χ1n) is 7.22. The highest BCUT2D eigenvalue weighted by Gasteiger charge is 2.31. The minimum Gasteiger partial charge on any atom is -0.487 e. The van der Waals surface area contributed by atoms with Gasteiger partial charge < -0.3 is 14.8 Å². The molecule has 1 unspecified atom stereocenters. The van der Waals surface area contributed by atoms with Crippen molar-refractivity contribution in [2.24, 2.45) is 5.92 Å². The lowest BCUT2D eigenvalue weighted by atomic mass is 10.0. The molecule has 0 spiro atoms. The molecule has 104 valence electrons. The minimum atomic E-state index is -0.0578.